The van der Waals surface area contributed by atoms with Gasteiger partial charge in [0.2, 0.25) is 5.91 Å². The van der Waals surface area contributed by atoms with Gasteiger partial charge in [-0.15, -0.1) is 24.0 Å². The first-order valence-corrected chi connectivity index (χ1v) is 10.3. The normalized spacial score (nSPS) is 18.8. The fraction of sp³-hybridized carbons (Fsp3) is 0.700. The van der Waals surface area contributed by atoms with Gasteiger partial charge in [-0.05, 0) is 31.9 Å². The molecule has 0 spiro atoms. The van der Waals surface area contributed by atoms with Crippen molar-refractivity contribution in [1.29, 1.82) is 0 Å². The Morgan fingerprint density at radius 3 is 2.61 bits per heavy atom. The van der Waals surface area contributed by atoms with E-state index >= 15 is 0 Å². The second-order valence-electron chi connectivity index (χ2n) is 7.35. The lowest BCUT2D eigenvalue weighted by atomic mass is 10.1. The fourth-order valence-corrected chi connectivity index (χ4v) is 3.86. The maximum absolute atomic E-state index is 12.5. The Labute approximate surface area is 185 Å². The van der Waals surface area contributed by atoms with Crippen LogP contribution in [0, 0.1) is 5.92 Å². The summed E-state index contributed by atoms with van der Waals surface area (Å²) in [6.07, 6.45) is 6.29. The zero-order chi connectivity index (χ0) is 18.9. The molecule has 1 aromatic rings. The van der Waals surface area contributed by atoms with Crippen molar-refractivity contribution in [1.82, 2.24) is 20.4 Å². The van der Waals surface area contributed by atoms with Crippen LogP contribution < -0.4 is 10.6 Å². The summed E-state index contributed by atoms with van der Waals surface area (Å²) >= 11 is 0. The Morgan fingerprint density at radius 1 is 1.21 bits per heavy atom. The van der Waals surface area contributed by atoms with Gasteiger partial charge in [-0.3, -0.25) is 9.69 Å². The predicted molar refractivity (Wildman–Crippen MR) is 122 cm³/mol. The molecule has 0 unspecified atom stereocenters. The lowest BCUT2D eigenvalue weighted by molar-refractivity contribution is -0.137. The van der Waals surface area contributed by atoms with E-state index < -0.39 is 0 Å². The minimum absolute atomic E-state index is 0. The highest BCUT2D eigenvalue weighted by molar-refractivity contribution is 14.0. The smallest absolute Gasteiger partial charge is 0.225 e. The van der Waals surface area contributed by atoms with Gasteiger partial charge in [-0.1, -0.05) is 12.8 Å². The minimum Gasteiger partial charge on any atom is -0.467 e. The van der Waals surface area contributed by atoms with Gasteiger partial charge in [-0.25, -0.2) is 4.99 Å². The van der Waals surface area contributed by atoms with Crippen molar-refractivity contribution in [2.45, 2.75) is 39.2 Å². The molecule has 1 saturated carbocycles. The number of carbonyl (C=O) groups excluding carboxylic acids is 1. The molecule has 7 nitrogen and oxygen atoms in total. The van der Waals surface area contributed by atoms with Crippen LogP contribution in [0.15, 0.2) is 27.8 Å². The summed E-state index contributed by atoms with van der Waals surface area (Å²) in [5.41, 5.74) is 0. The van der Waals surface area contributed by atoms with Crippen molar-refractivity contribution in [3.63, 3.8) is 0 Å². The second-order valence-corrected chi connectivity index (χ2v) is 7.35. The van der Waals surface area contributed by atoms with Crippen molar-refractivity contribution in [2.24, 2.45) is 10.9 Å². The van der Waals surface area contributed by atoms with Crippen LogP contribution in [0.1, 0.15) is 38.4 Å². The molecule has 2 heterocycles. The van der Waals surface area contributed by atoms with Crippen LogP contribution >= 0.6 is 24.0 Å². The molecular weight excluding hydrogens is 469 g/mol. The van der Waals surface area contributed by atoms with E-state index in [2.05, 4.69) is 32.3 Å². The highest BCUT2D eigenvalue weighted by atomic mass is 127. The predicted octanol–water partition coefficient (Wildman–Crippen LogP) is 2.29. The molecule has 158 valence electrons. The number of piperazine rings is 1. The average molecular weight is 503 g/mol. The first-order chi connectivity index (χ1) is 13.3. The number of hydrogen-bond donors (Lipinski definition) is 2. The molecule has 1 saturated heterocycles. The van der Waals surface area contributed by atoms with E-state index in [9.17, 15) is 4.79 Å². The molecule has 0 atom stereocenters. The molecule has 0 radical (unpaired) electrons. The number of hydrogen-bond acceptors (Lipinski definition) is 4. The Kier molecular flexibility index (Phi) is 10.1. The Balaban J connectivity index is 0.00000280. The van der Waals surface area contributed by atoms with Gasteiger partial charge in [0, 0.05) is 51.7 Å². The molecule has 1 aliphatic carbocycles. The summed E-state index contributed by atoms with van der Waals surface area (Å²) in [6, 6.07) is 3.81. The maximum atomic E-state index is 12.5. The molecule has 3 rings (SSSR count). The van der Waals surface area contributed by atoms with Crippen LogP contribution in [-0.4, -0.2) is 67.5 Å². The molecule has 1 aliphatic heterocycles. The minimum atomic E-state index is 0. The van der Waals surface area contributed by atoms with E-state index in [1.165, 1.54) is 12.8 Å². The lowest BCUT2D eigenvalue weighted by Gasteiger charge is -2.36. The first-order valence-electron chi connectivity index (χ1n) is 10.3. The first kappa shape index (κ1) is 23.0. The molecule has 8 heteroatoms. The quantitative estimate of drug-likeness (QED) is 0.340. The Morgan fingerprint density at radius 2 is 1.96 bits per heavy atom. The molecule has 1 amide bonds. The van der Waals surface area contributed by atoms with E-state index in [-0.39, 0.29) is 24.0 Å². The van der Waals surface area contributed by atoms with Crippen LogP contribution in [0.4, 0.5) is 0 Å². The SMILES string of the molecule is CCNC(=NCc1ccco1)NCCN1CCN(C(=O)C2CCCC2)CC1.I. The van der Waals surface area contributed by atoms with Crippen LogP contribution in [0.25, 0.3) is 0 Å². The number of guanidine groups is 1. The number of nitrogens with one attached hydrogen (secondary N) is 2. The Bertz CT molecular complexity index is 594. The van der Waals surface area contributed by atoms with Crippen molar-refractivity contribution >= 4 is 35.8 Å². The van der Waals surface area contributed by atoms with Crippen LogP contribution in [0.5, 0.6) is 0 Å². The van der Waals surface area contributed by atoms with E-state index in [1.807, 2.05) is 12.1 Å². The van der Waals surface area contributed by atoms with Crippen molar-refractivity contribution in [3.8, 4) is 0 Å². The van der Waals surface area contributed by atoms with Crippen LogP contribution in [0.3, 0.4) is 0 Å². The molecule has 28 heavy (non-hydrogen) atoms. The van der Waals surface area contributed by atoms with Gasteiger partial charge in [0.15, 0.2) is 5.96 Å². The number of rotatable bonds is 7. The zero-order valence-corrected chi connectivity index (χ0v) is 19.2. The molecule has 2 aliphatic rings. The number of aliphatic imine (C=N–C) groups is 1. The number of halogens is 1. The summed E-state index contributed by atoms with van der Waals surface area (Å²) < 4.78 is 5.32. The fourth-order valence-electron chi connectivity index (χ4n) is 3.86. The van der Waals surface area contributed by atoms with Crippen molar-refractivity contribution in [2.75, 3.05) is 45.8 Å². The summed E-state index contributed by atoms with van der Waals surface area (Å²) in [5.74, 6) is 2.36. The van der Waals surface area contributed by atoms with Gasteiger partial charge in [-0.2, -0.15) is 0 Å². The van der Waals surface area contributed by atoms with Crippen molar-refractivity contribution < 1.29 is 9.21 Å². The molecule has 1 aromatic heterocycles. The lowest BCUT2D eigenvalue weighted by Crippen LogP contribution is -2.51. The Hall–Kier alpha value is -1.29. The van der Waals surface area contributed by atoms with Gasteiger partial charge < -0.3 is 20.0 Å². The van der Waals surface area contributed by atoms with Crippen molar-refractivity contribution in [3.05, 3.63) is 24.2 Å². The van der Waals surface area contributed by atoms with E-state index in [0.717, 1.165) is 70.4 Å². The van der Waals surface area contributed by atoms with Gasteiger partial charge in [0.05, 0.1) is 6.26 Å². The van der Waals surface area contributed by atoms with E-state index in [4.69, 9.17) is 4.42 Å². The summed E-state index contributed by atoms with van der Waals surface area (Å²) in [6.45, 7) is 8.85. The molecule has 2 N–H and O–H groups in total. The van der Waals surface area contributed by atoms with Crippen LogP contribution in [0.2, 0.25) is 0 Å². The zero-order valence-electron chi connectivity index (χ0n) is 16.9. The second kappa shape index (κ2) is 12.3. The van der Waals surface area contributed by atoms with E-state index in [1.54, 1.807) is 6.26 Å². The third-order valence-corrected chi connectivity index (χ3v) is 5.43. The monoisotopic (exact) mass is 503 g/mol. The summed E-state index contributed by atoms with van der Waals surface area (Å²) in [5, 5.41) is 6.65. The summed E-state index contributed by atoms with van der Waals surface area (Å²) in [4.78, 5) is 21.6. The van der Waals surface area contributed by atoms with Gasteiger partial charge >= 0.3 is 0 Å². The van der Waals surface area contributed by atoms with E-state index in [0.29, 0.717) is 18.4 Å². The maximum Gasteiger partial charge on any atom is 0.225 e. The number of nitrogens with zero attached hydrogens (tertiary/aromatic N) is 3. The third kappa shape index (κ3) is 6.95. The third-order valence-electron chi connectivity index (χ3n) is 5.43. The highest BCUT2D eigenvalue weighted by Crippen LogP contribution is 2.26. The van der Waals surface area contributed by atoms with Gasteiger partial charge in [0.1, 0.15) is 12.3 Å². The highest BCUT2D eigenvalue weighted by Gasteiger charge is 2.29. The summed E-state index contributed by atoms with van der Waals surface area (Å²) in [7, 11) is 0. The average Bonchev–Trinajstić information content (AvgIpc) is 3.40. The standard InChI is InChI=1S/C20H33N5O2.HI/c1-2-21-20(23-16-18-8-5-15-27-18)22-9-10-24-11-13-25(14-12-24)19(26)17-6-3-4-7-17;/h5,8,15,17H,2-4,6-7,9-14,16H2,1H3,(H2,21,22,23);1H. The molecule has 2 fully saturated rings. The number of carbonyl (C=O) groups is 1. The number of amides is 1. The largest absolute Gasteiger partial charge is 0.467 e. The topological polar surface area (TPSA) is 73.1 Å². The van der Waals surface area contributed by atoms with Gasteiger partial charge in [0.25, 0.3) is 0 Å². The molecular formula is C20H34IN5O2. The van der Waals surface area contributed by atoms with Crippen LogP contribution in [-0.2, 0) is 11.3 Å². The number of furan rings is 1. The molecule has 0 bridgehead atoms. The molecule has 0 aromatic carbocycles.